The summed E-state index contributed by atoms with van der Waals surface area (Å²) in [5, 5.41) is 0. The van der Waals surface area contributed by atoms with Crippen molar-refractivity contribution in [3.63, 3.8) is 0 Å². The zero-order valence-corrected chi connectivity index (χ0v) is 42.6. The van der Waals surface area contributed by atoms with Gasteiger partial charge in [0.25, 0.3) is 0 Å². The van der Waals surface area contributed by atoms with Crippen molar-refractivity contribution in [1.29, 1.82) is 0 Å². The van der Waals surface area contributed by atoms with E-state index < -0.39 is 6.10 Å². The van der Waals surface area contributed by atoms with Crippen LogP contribution in [0.5, 0.6) is 0 Å². The van der Waals surface area contributed by atoms with E-state index in [1.54, 1.807) is 0 Å². The molecule has 1 atom stereocenters. The highest BCUT2D eigenvalue weighted by atomic mass is 16.6. The van der Waals surface area contributed by atoms with Gasteiger partial charge in [-0.3, -0.25) is 14.4 Å². The number of esters is 3. The summed E-state index contributed by atoms with van der Waals surface area (Å²) in [4.78, 5) is 38.0. The molecular formula is C58H104O6. The smallest absolute Gasteiger partial charge is 0.306 e. The van der Waals surface area contributed by atoms with Gasteiger partial charge < -0.3 is 14.2 Å². The Bertz CT molecular complexity index is 1120. The molecule has 0 fully saturated rings. The number of hydrogen-bond acceptors (Lipinski definition) is 6. The summed E-state index contributed by atoms with van der Waals surface area (Å²) >= 11 is 0. The maximum absolute atomic E-state index is 12.8. The van der Waals surface area contributed by atoms with Crippen molar-refractivity contribution in [2.45, 2.75) is 290 Å². The largest absolute Gasteiger partial charge is 0.462 e. The number of rotatable bonds is 50. The Morgan fingerprint density at radius 1 is 0.312 bits per heavy atom. The molecule has 0 heterocycles. The molecule has 0 N–H and O–H groups in total. The van der Waals surface area contributed by atoms with Crippen molar-refractivity contribution in [1.82, 2.24) is 0 Å². The Morgan fingerprint density at radius 3 is 0.969 bits per heavy atom. The molecule has 0 aliphatic rings. The van der Waals surface area contributed by atoms with Gasteiger partial charge in [0.1, 0.15) is 13.2 Å². The summed E-state index contributed by atoms with van der Waals surface area (Å²) in [7, 11) is 0. The van der Waals surface area contributed by atoms with Crippen LogP contribution in [0.3, 0.4) is 0 Å². The number of carbonyl (C=O) groups excluding carboxylic acids is 3. The first-order valence-electron chi connectivity index (χ1n) is 27.6. The Kier molecular flexibility index (Phi) is 50.8. The molecule has 6 heteroatoms. The molecule has 0 radical (unpaired) electrons. The van der Waals surface area contributed by atoms with Crippen LogP contribution in [0.25, 0.3) is 0 Å². The molecule has 0 spiro atoms. The normalized spacial score (nSPS) is 12.4. The van der Waals surface area contributed by atoms with Crippen LogP contribution in [0.2, 0.25) is 0 Å². The summed E-state index contributed by atoms with van der Waals surface area (Å²) in [6.07, 6.45) is 63.9. The second kappa shape index (κ2) is 53.0. The Labute approximate surface area is 397 Å². The van der Waals surface area contributed by atoms with Crippen molar-refractivity contribution >= 4 is 17.9 Å². The molecule has 1 unspecified atom stereocenters. The number of carbonyl (C=O) groups is 3. The molecule has 0 saturated heterocycles. The minimum absolute atomic E-state index is 0.0816. The van der Waals surface area contributed by atoms with Crippen molar-refractivity contribution < 1.29 is 28.6 Å². The van der Waals surface area contributed by atoms with Gasteiger partial charge in [-0.1, -0.05) is 217 Å². The second-order valence-electron chi connectivity index (χ2n) is 18.5. The van der Waals surface area contributed by atoms with E-state index in [1.807, 2.05) is 0 Å². The van der Waals surface area contributed by atoms with E-state index >= 15 is 0 Å². The first-order valence-corrected chi connectivity index (χ1v) is 27.6. The highest BCUT2D eigenvalue weighted by molar-refractivity contribution is 5.71. The summed E-state index contributed by atoms with van der Waals surface area (Å²) in [6, 6.07) is 0. The summed E-state index contributed by atoms with van der Waals surface area (Å²) < 4.78 is 16.8. The van der Waals surface area contributed by atoms with Gasteiger partial charge in [-0.15, -0.1) is 0 Å². The van der Waals surface area contributed by atoms with Gasteiger partial charge in [0.15, 0.2) is 6.10 Å². The van der Waals surface area contributed by atoms with Crippen LogP contribution in [0.4, 0.5) is 0 Å². The molecule has 64 heavy (non-hydrogen) atoms. The Balaban J connectivity index is 4.29. The van der Waals surface area contributed by atoms with E-state index in [4.69, 9.17) is 14.2 Å². The molecular weight excluding hydrogens is 793 g/mol. The minimum Gasteiger partial charge on any atom is -0.462 e. The fourth-order valence-corrected chi connectivity index (χ4v) is 7.82. The van der Waals surface area contributed by atoms with Gasteiger partial charge >= 0.3 is 17.9 Å². The van der Waals surface area contributed by atoms with Crippen LogP contribution < -0.4 is 0 Å². The topological polar surface area (TPSA) is 78.9 Å². The van der Waals surface area contributed by atoms with E-state index in [0.29, 0.717) is 19.3 Å². The van der Waals surface area contributed by atoms with E-state index in [-0.39, 0.29) is 31.1 Å². The van der Waals surface area contributed by atoms with Gasteiger partial charge in [0.2, 0.25) is 0 Å². The van der Waals surface area contributed by atoms with Crippen LogP contribution >= 0.6 is 0 Å². The highest BCUT2D eigenvalue weighted by Crippen LogP contribution is 2.15. The highest BCUT2D eigenvalue weighted by Gasteiger charge is 2.19. The van der Waals surface area contributed by atoms with E-state index in [0.717, 1.165) is 96.3 Å². The molecule has 372 valence electrons. The fourth-order valence-electron chi connectivity index (χ4n) is 7.82. The lowest BCUT2D eigenvalue weighted by Crippen LogP contribution is -2.30. The van der Waals surface area contributed by atoms with Gasteiger partial charge in [0.05, 0.1) is 0 Å². The van der Waals surface area contributed by atoms with Gasteiger partial charge in [-0.25, -0.2) is 0 Å². The van der Waals surface area contributed by atoms with Gasteiger partial charge in [-0.2, -0.15) is 0 Å². The Hall–Kier alpha value is -2.63. The van der Waals surface area contributed by atoms with E-state index in [1.165, 1.54) is 148 Å². The third-order valence-electron chi connectivity index (χ3n) is 12.0. The van der Waals surface area contributed by atoms with Crippen LogP contribution in [0.1, 0.15) is 284 Å². The van der Waals surface area contributed by atoms with Crippen molar-refractivity contribution in [3.8, 4) is 0 Å². The molecule has 0 rings (SSSR count). The average Bonchev–Trinajstić information content (AvgIpc) is 3.29. The first kappa shape index (κ1) is 61.4. The zero-order chi connectivity index (χ0) is 46.5. The van der Waals surface area contributed by atoms with Crippen molar-refractivity contribution in [2.24, 2.45) is 0 Å². The van der Waals surface area contributed by atoms with Crippen LogP contribution in [0.15, 0.2) is 48.6 Å². The number of hydrogen-bond donors (Lipinski definition) is 0. The standard InChI is InChI=1S/C58H104O6/c1-4-7-10-13-16-19-22-24-26-27-28-29-30-31-33-34-36-39-42-45-48-51-57(60)63-54-55(53-62-56(59)50-47-44-41-38-21-18-15-12-9-6-3)64-58(61)52-49-46-43-40-37-35-32-25-23-20-17-14-11-8-5-2/h12,15,17,20,25,27-28,32,55H,4-11,13-14,16,18-19,21-24,26,29-31,33-54H2,1-3H3/b15-12-,20-17-,28-27-,32-25-. The molecule has 0 amide bonds. The lowest BCUT2D eigenvalue weighted by atomic mass is 10.1. The number of unbranched alkanes of at least 4 members (excludes halogenated alkanes) is 31. The number of ether oxygens (including phenoxy) is 3. The number of allylic oxidation sites excluding steroid dienone is 8. The molecule has 0 aliphatic heterocycles. The molecule has 0 aromatic heterocycles. The van der Waals surface area contributed by atoms with Crippen LogP contribution in [0, 0.1) is 0 Å². The summed E-state index contributed by atoms with van der Waals surface area (Å²) in [5.74, 6) is -0.900. The van der Waals surface area contributed by atoms with Crippen LogP contribution in [-0.4, -0.2) is 37.2 Å². The van der Waals surface area contributed by atoms with Gasteiger partial charge in [0, 0.05) is 19.3 Å². The molecule has 0 bridgehead atoms. The molecule has 0 aromatic rings. The van der Waals surface area contributed by atoms with E-state index in [2.05, 4.69) is 69.4 Å². The zero-order valence-electron chi connectivity index (χ0n) is 42.6. The lowest BCUT2D eigenvalue weighted by Gasteiger charge is -2.18. The van der Waals surface area contributed by atoms with E-state index in [9.17, 15) is 14.4 Å². The average molecular weight is 897 g/mol. The predicted molar refractivity (Wildman–Crippen MR) is 275 cm³/mol. The monoisotopic (exact) mass is 897 g/mol. The lowest BCUT2D eigenvalue weighted by molar-refractivity contribution is -0.167. The van der Waals surface area contributed by atoms with Gasteiger partial charge in [-0.05, 0) is 96.3 Å². The van der Waals surface area contributed by atoms with Crippen molar-refractivity contribution in [2.75, 3.05) is 13.2 Å². The third kappa shape index (κ3) is 50.4. The fraction of sp³-hybridized carbons (Fsp3) is 0.810. The minimum atomic E-state index is -0.783. The maximum atomic E-state index is 12.8. The first-order chi connectivity index (χ1) is 31.5. The summed E-state index contributed by atoms with van der Waals surface area (Å²) in [6.45, 7) is 6.55. The maximum Gasteiger partial charge on any atom is 0.306 e. The molecule has 6 nitrogen and oxygen atoms in total. The molecule has 0 aromatic carbocycles. The molecule has 0 saturated carbocycles. The summed E-state index contributed by atoms with van der Waals surface area (Å²) in [5.41, 5.74) is 0. The quantitative estimate of drug-likeness (QED) is 0.0262. The Morgan fingerprint density at radius 2 is 0.594 bits per heavy atom. The molecule has 0 aliphatic carbocycles. The van der Waals surface area contributed by atoms with Crippen molar-refractivity contribution in [3.05, 3.63) is 48.6 Å². The SMILES string of the molecule is CCC/C=C\CCCCCCCC(=O)OCC(COC(=O)CCCCCCCCCCC/C=C\CCCCCCCCCC)OC(=O)CCCCCCC/C=C\C/C=C\CCCCC. The predicted octanol–water partition coefficient (Wildman–Crippen LogP) is 18.3. The third-order valence-corrected chi connectivity index (χ3v) is 12.0. The van der Waals surface area contributed by atoms with Crippen LogP contribution in [-0.2, 0) is 28.6 Å². The second-order valence-corrected chi connectivity index (χ2v) is 18.5.